The van der Waals surface area contributed by atoms with Crippen LogP contribution in [0, 0.1) is 0 Å². The van der Waals surface area contributed by atoms with Crippen molar-refractivity contribution in [3.05, 3.63) is 193 Å². The SMILES string of the molecule is C=C/C=C(\C=C)S(=O)(=O)C1=CC=CC(C)(NP(=O)(Oc2ccccc2)Oc2ccccc2)C=C1.CNP(=O)(Oc1ccccc1)Oc1ccccc1. The second kappa shape index (κ2) is 18.4. The Kier molecular flexibility index (Phi) is 14.0. The van der Waals surface area contributed by atoms with Crippen molar-refractivity contribution in [3.63, 3.8) is 0 Å². The molecule has 0 saturated heterocycles. The molecule has 1 unspecified atom stereocenters. The Bertz CT molecular complexity index is 2030. The third kappa shape index (κ3) is 11.7. The van der Waals surface area contributed by atoms with E-state index in [1.807, 2.05) is 24.3 Å². The Hall–Kier alpha value is -5.15. The van der Waals surface area contributed by atoms with Gasteiger partial charge in [0.25, 0.3) is 0 Å². The van der Waals surface area contributed by atoms with Crippen LogP contribution < -0.4 is 28.3 Å². The first-order valence-corrected chi connectivity index (χ1v) is 20.4. The van der Waals surface area contributed by atoms with E-state index in [1.54, 1.807) is 122 Å². The standard InChI is InChI=1S/C26H26NO5PS.C13H14NO3P/c1-4-13-24(5-2)34(29,30)25-18-12-20-26(3,21-19-25)27-33(28,31-22-14-8-6-9-15-22)32-23-16-10-7-11-17-23;1-14-18(15,16-12-8-4-2-5-9-12)17-13-10-6-3-7-11-13/h4-21H,1-2H2,3H3,(H,27,28);2-11H,1H3,(H,14,15)/b24-13+;. The third-order valence-electron chi connectivity index (χ3n) is 6.93. The summed E-state index contributed by atoms with van der Waals surface area (Å²) in [6.07, 6.45) is 11.7. The fraction of sp³-hybridized carbons (Fsp3) is 0.0769. The molecule has 1 aliphatic rings. The number of rotatable bonds is 15. The summed E-state index contributed by atoms with van der Waals surface area (Å²) in [5.74, 6) is 1.69. The summed E-state index contributed by atoms with van der Waals surface area (Å²) in [7, 11) is -9.65. The molecule has 0 spiro atoms. The molecule has 0 amide bonds. The van der Waals surface area contributed by atoms with Gasteiger partial charge in [0.15, 0.2) is 0 Å². The van der Waals surface area contributed by atoms with Crippen LogP contribution in [-0.2, 0) is 19.0 Å². The van der Waals surface area contributed by atoms with Crippen molar-refractivity contribution in [3.8, 4) is 23.0 Å². The lowest BCUT2D eigenvalue weighted by atomic mass is 10.0. The van der Waals surface area contributed by atoms with Gasteiger partial charge >= 0.3 is 15.5 Å². The van der Waals surface area contributed by atoms with Crippen molar-refractivity contribution in [2.45, 2.75) is 12.5 Å². The molecule has 0 heterocycles. The van der Waals surface area contributed by atoms with Crippen LogP contribution in [0.5, 0.6) is 23.0 Å². The van der Waals surface area contributed by atoms with Gasteiger partial charge in [0, 0.05) is 0 Å². The highest BCUT2D eigenvalue weighted by Crippen LogP contribution is 2.47. The van der Waals surface area contributed by atoms with Crippen molar-refractivity contribution in [1.29, 1.82) is 0 Å². The van der Waals surface area contributed by atoms with Crippen LogP contribution in [-0.4, -0.2) is 21.0 Å². The molecule has 0 fully saturated rings. The maximum absolute atomic E-state index is 13.9. The summed E-state index contributed by atoms with van der Waals surface area (Å²) in [6, 6.07) is 35.1. The molecule has 0 saturated carbocycles. The van der Waals surface area contributed by atoms with Crippen molar-refractivity contribution >= 4 is 25.3 Å². The molecule has 1 aliphatic carbocycles. The maximum atomic E-state index is 13.9. The van der Waals surface area contributed by atoms with Gasteiger partial charge in [-0.2, -0.15) is 5.09 Å². The Morgan fingerprint density at radius 1 is 0.673 bits per heavy atom. The normalized spacial score (nSPS) is 15.9. The molecule has 270 valence electrons. The largest absolute Gasteiger partial charge is 0.513 e. The van der Waals surface area contributed by atoms with Crippen LogP contribution in [0.4, 0.5) is 0 Å². The highest BCUT2D eigenvalue weighted by Gasteiger charge is 2.37. The van der Waals surface area contributed by atoms with E-state index >= 15 is 0 Å². The number of para-hydroxylation sites is 4. The second-order valence-electron chi connectivity index (χ2n) is 11.0. The lowest BCUT2D eigenvalue weighted by Gasteiger charge is -2.29. The van der Waals surface area contributed by atoms with E-state index in [4.69, 9.17) is 18.1 Å². The summed E-state index contributed by atoms with van der Waals surface area (Å²) in [4.78, 5) is 0.0684. The lowest BCUT2D eigenvalue weighted by molar-refractivity contribution is 0.359. The zero-order valence-electron chi connectivity index (χ0n) is 28.6. The predicted octanol–water partition coefficient (Wildman–Crippen LogP) is 9.75. The molecule has 13 heteroatoms. The fourth-order valence-corrected chi connectivity index (χ4v) is 8.39. The average Bonchev–Trinajstić information content (AvgIpc) is 3.33. The molecule has 0 radical (unpaired) electrons. The van der Waals surface area contributed by atoms with Crippen LogP contribution in [0.25, 0.3) is 0 Å². The number of hydrogen-bond acceptors (Lipinski definition) is 8. The van der Waals surface area contributed by atoms with E-state index in [2.05, 4.69) is 23.3 Å². The van der Waals surface area contributed by atoms with Crippen LogP contribution >= 0.6 is 15.5 Å². The van der Waals surface area contributed by atoms with Gasteiger partial charge in [-0.05, 0) is 80.7 Å². The van der Waals surface area contributed by atoms with Gasteiger partial charge in [0.1, 0.15) is 23.0 Å². The molecule has 4 aromatic carbocycles. The molecule has 5 rings (SSSR count). The van der Waals surface area contributed by atoms with Gasteiger partial charge < -0.3 is 18.1 Å². The summed E-state index contributed by atoms with van der Waals surface area (Å²) in [5.41, 5.74) is -1.07. The van der Waals surface area contributed by atoms with Gasteiger partial charge in [-0.15, -0.1) is 0 Å². The van der Waals surface area contributed by atoms with Gasteiger partial charge in [0.05, 0.1) is 15.3 Å². The summed E-state index contributed by atoms with van der Waals surface area (Å²) in [6.45, 7) is 8.85. The van der Waals surface area contributed by atoms with Crippen molar-refractivity contribution in [2.24, 2.45) is 0 Å². The molecule has 0 bridgehead atoms. The van der Waals surface area contributed by atoms with E-state index in [1.165, 1.54) is 37.4 Å². The van der Waals surface area contributed by atoms with Crippen LogP contribution in [0.15, 0.2) is 193 Å². The average molecular weight is 759 g/mol. The minimum absolute atomic E-state index is 0.0221. The zero-order valence-corrected chi connectivity index (χ0v) is 31.3. The molecule has 2 N–H and O–H groups in total. The highest BCUT2D eigenvalue weighted by atomic mass is 32.2. The maximum Gasteiger partial charge on any atom is 0.513 e. The van der Waals surface area contributed by atoms with E-state index in [-0.39, 0.29) is 9.81 Å². The number of benzene rings is 4. The van der Waals surface area contributed by atoms with Crippen LogP contribution in [0.2, 0.25) is 0 Å². The van der Waals surface area contributed by atoms with E-state index in [0.29, 0.717) is 23.0 Å². The molecular weight excluding hydrogens is 718 g/mol. The van der Waals surface area contributed by atoms with Crippen LogP contribution in [0.1, 0.15) is 6.92 Å². The lowest BCUT2D eigenvalue weighted by Crippen LogP contribution is -2.38. The van der Waals surface area contributed by atoms with Crippen molar-refractivity contribution in [2.75, 3.05) is 7.05 Å². The van der Waals surface area contributed by atoms with Gasteiger partial charge in [-0.1, -0.05) is 116 Å². The number of hydrogen-bond donors (Lipinski definition) is 2. The van der Waals surface area contributed by atoms with E-state index in [9.17, 15) is 17.5 Å². The van der Waals surface area contributed by atoms with Crippen molar-refractivity contribution < 1.29 is 35.6 Å². The first-order chi connectivity index (χ1) is 24.9. The smallest absolute Gasteiger partial charge is 0.405 e. The Balaban J connectivity index is 0.000000281. The monoisotopic (exact) mass is 758 g/mol. The molecule has 0 aliphatic heterocycles. The topological polar surface area (TPSA) is 129 Å². The molecule has 4 aromatic rings. The minimum atomic E-state index is -3.98. The van der Waals surface area contributed by atoms with Crippen molar-refractivity contribution in [1.82, 2.24) is 10.2 Å². The minimum Gasteiger partial charge on any atom is -0.405 e. The zero-order chi connectivity index (χ0) is 37.5. The van der Waals surface area contributed by atoms with Crippen LogP contribution in [0.3, 0.4) is 0 Å². The van der Waals surface area contributed by atoms with Gasteiger partial charge in [0.2, 0.25) is 9.84 Å². The Morgan fingerprint density at radius 3 is 1.44 bits per heavy atom. The Labute approximate surface area is 305 Å². The molecular formula is C39H40N2O8P2S. The molecule has 0 aromatic heterocycles. The number of nitrogens with one attached hydrogen (secondary N) is 2. The first kappa shape index (κ1) is 39.6. The second-order valence-corrected chi connectivity index (χ2v) is 16.3. The summed E-state index contributed by atoms with van der Waals surface area (Å²) >= 11 is 0. The molecule has 52 heavy (non-hydrogen) atoms. The van der Waals surface area contributed by atoms with Gasteiger partial charge in [-0.25, -0.2) is 22.6 Å². The predicted molar refractivity (Wildman–Crippen MR) is 208 cm³/mol. The molecule has 1 atom stereocenters. The summed E-state index contributed by atoms with van der Waals surface area (Å²) < 4.78 is 74.5. The third-order valence-corrected chi connectivity index (χ3v) is 11.9. The van der Waals surface area contributed by atoms with E-state index in [0.717, 1.165) is 0 Å². The highest BCUT2D eigenvalue weighted by molar-refractivity contribution is 7.99. The quantitative estimate of drug-likeness (QED) is 0.0893. The number of sulfone groups is 1. The Morgan fingerprint density at radius 2 is 1.08 bits per heavy atom. The van der Waals surface area contributed by atoms with Gasteiger partial charge in [-0.3, -0.25) is 0 Å². The summed E-state index contributed by atoms with van der Waals surface area (Å²) in [5, 5.41) is 5.53. The fourth-order valence-electron chi connectivity index (χ4n) is 4.43. The molecule has 10 nitrogen and oxygen atoms in total. The van der Waals surface area contributed by atoms with E-state index < -0.39 is 30.9 Å². The number of allylic oxidation sites excluding steroid dienone is 6. The first-order valence-electron chi connectivity index (χ1n) is 15.9.